The summed E-state index contributed by atoms with van der Waals surface area (Å²) >= 11 is 8.84. The van der Waals surface area contributed by atoms with Crippen molar-refractivity contribution in [1.82, 2.24) is 5.32 Å². The maximum Gasteiger partial charge on any atom is 0.303 e. The quantitative estimate of drug-likeness (QED) is 0.772. The van der Waals surface area contributed by atoms with Crippen molar-refractivity contribution in [3.05, 3.63) is 21.3 Å². The number of nitrogens with one attached hydrogen (secondary N) is 1. The van der Waals surface area contributed by atoms with Gasteiger partial charge in [0.15, 0.2) is 0 Å². The second kappa shape index (κ2) is 8.45. The summed E-state index contributed by atoms with van der Waals surface area (Å²) < 4.78 is 0.752. The lowest BCUT2D eigenvalue weighted by atomic mass is 10.2. The summed E-state index contributed by atoms with van der Waals surface area (Å²) in [6.07, 6.45) is 0.522. The number of thiophene rings is 1. The van der Waals surface area contributed by atoms with Gasteiger partial charge in [-0.3, -0.25) is 9.59 Å². The summed E-state index contributed by atoms with van der Waals surface area (Å²) in [6, 6.07) is 3.68. The van der Waals surface area contributed by atoms with Gasteiger partial charge in [0.25, 0.3) is 0 Å². The van der Waals surface area contributed by atoms with Crippen molar-refractivity contribution in [2.45, 2.75) is 31.6 Å². The molecule has 0 aromatic carbocycles. The number of hydrogen-bond donors (Lipinski definition) is 2. The van der Waals surface area contributed by atoms with Crippen LogP contribution < -0.4 is 5.32 Å². The molecule has 1 aromatic heterocycles. The Morgan fingerprint density at radius 1 is 1.53 bits per heavy atom. The van der Waals surface area contributed by atoms with E-state index in [2.05, 4.69) is 5.32 Å². The molecular weight excluding hydrogens is 306 g/mol. The van der Waals surface area contributed by atoms with E-state index in [9.17, 15) is 9.59 Å². The molecule has 1 atom stereocenters. The first-order valence-electron chi connectivity index (χ1n) is 5.80. The molecule has 19 heavy (non-hydrogen) atoms. The van der Waals surface area contributed by atoms with Gasteiger partial charge >= 0.3 is 5.97 Å². The van der Waals surface area contributed by atoms with Crippen LogP contribution in [0.2, 0.25) is 4.34 Å². The van der Waals surface area contributed by atoms with Crippen molar-refractivity contribution in [3.63, 3.8) is 0 Å². The molecule has 0 bridgehead atoms. The SMILES string of the molecule is CC(CCC(=O)O)NC(=O)CSCc1ccc(Cl)s1. The first kappa shape index (κ1) is 16.3. The van der Waals surface area contributed by atoms with Crippen molar-refractivity contribution in [2.75, 3.05) is 5.75 Å². The fraction of sp³-hybridized carbons (Fsp3) is 0.500. The van der Waals surface area contributed by atoms with Gasteiger partial charge in [0.05, 0.1) is 10.1 Å². The number of amides is 1. The topological polar surface area (TPSA) is 66.4 Å². The van der Waals surface area contributed by atoms with Crippen LogP contribution in [0, 0.1) is 0 Å². The van der Waals surface area contributed by atoms with E-state index in [1.165, 1.54) is 23.1 Å². The predicted octanol–water partition coefficient (Wildman–Crippen LogP) is 3.00. The molecule has 1 rings (SSSR count). The van der Waals surface area contributed by atoms with Crippen LogP contribution >= 0.6 is 34.7 Å². The molecule has 4 nitrogen and oxygen atoms in total. The molecule has 0 fully saturated rings. The van der Waals surface area contributed by atoms with E-state index in [0.29, 0.717) is 12.2 Å². The lowest BCUT2D eigenvalue weighted by molar-refractivity contribution is -0.137. The molecule has 0 radical (unpaired) electrons. The van der Waals surface area contributed by atoms with E-state index < -0.39 is 5.97 Å². The van der Waals surface area contributed by atoms with E-state index in [0.717, 1.165) is 15.0 Å². The highest BCUT2D eigenvalue weighted by atomic mass is 35.5. The van der Waals surface area contributed by atoms with Crippen LogP contribution in [-0.4, -0.2) is 28.8 Å². The van der Waals surface area contributed by atoms with E-state index in [4.69, 9.17) is 16.7 Å². The average Bonchev–Trinajstić information content (AvgIpc) is 2.72. The van der Waals surface area contributed by atoms with Gasteiger partial charge in [0.1, 0.15) is 0 Å². The van der Waals surface area contributed by atoms with Crippen molar-refractivity contribution >= 4 is 46.6 Å². The van der Waals surface area contributed by atoms with Gasteiger partial charge in [0.2, 0.25) is 5.91 Å². The van der Waals surface area contributed by atoms with Crippen molar-refractivity contribution in [2.24, 2.45) is 0 Å². The van der Waals surface area contributed by atoms with Crippen LogP contribution in [0.25, 0.3) is 0 Å². The fourth-order valence-electron chi connectivity index (χ4n) is 1.40. The lowest BCUT2D eigenvalue weighted by Crippen LogP contribution is -2.34. The Morgan fingerprint density at radius 3 is 2.84 bits per heavy atom. The smallest absolute Gasteiger partial charge is 0.303 e. The molecule has 0 saturated heterocycles. The Bertz CT molecular complexity index is 436. The Hall–Kier alpha value is -0.720. The number of hydrogen-bond acceptors (Lipinski definition) is 4. The summed E-state index contributed by atoms with van der Waals surface area (Å²) in [4.78, 5) is 23.1. The minimum atomic E-state index is -0.843. The molecule has 0 spiro atoms. The number of rotatable bonds is 8. The summed E-state index contributed by atoms with van der Waals surface area (Å²) in [5.41, 5.74) is 0. The first-order valence-corrected chi connectivity index (χ1v) is 8.15. The Kier molecular flexibility index (Phi) is 7.27. The fourth-order valence-corrected chi connectivity index (χ4v) is 3.44. The van der Waals surface area contributed by atoms with Crippen LogP contribution in [0.15, 0.2) is 12.1 Å². The van der Waals surface area contributed by atoms with Gasteiger partial charge in [-0.15, -0.1) is 23.1 Å². The number of thioether (sulfide) groups is 1. The summed E-state index contributed by atoms with van der Waals surface area (Å²) in [6.45, 7) is 1.81. The molecule has 1 heterocycles. The number of carbonyl (C=O) groups excluding carboxylic acids is 1. The lowest BCUT2D eigenvalue weighted by Gasteiger charge is -2.12. The number of halogens is 1. The van der Waals surface area contributed by atoms with E-state index in [1.54, 1.807) is 0 Å². The average molecular weight is 322 g/mol. The Balaban J connectivity index is 2.15. The van der Waals surface area contributed by atoms with Crippen LogP contribution in [0.4, 0.5) is 0 Å². The molecule has 7 heteroatoms. The van der Waals surface area contributed by atoms with Gasteiger partial charge in [-0.1, -0.05) is 11.6 Å². The molecule has 2 N–H and O–H groups in total. The normalized spacial score (nSPS) is 12.1. The van der Waals surface area contributed by atoms with Gasteiger partial charge in [-0.25, -0.2) is 0 Å². The Morgan fingerprint density at radius 2 is 2.26 bits per heavy atom. The maximum absolute atomic E-state index is 11.6. The van der Waals surface area contributed by atoms with Gasteiger partial charge in [-0.2, -0.15) is 0 Å². The molecule has 1 amide bonds. The van der Waals surface area contributed by atoms with E-state index in [1.807, 2.05) is 19.1 Å². The van der Waals surface area contributed by atoms with E-state index >= 15 is 0 Å². The van der Waals surface area contributed by atoms with Gasteiger partial charge < -0.3 is 10.4 Å². The third kappa shape index (κ3) is 7.44. The zero-order valence-electron chi connectivity index (χ0n) is 10.5. The maximum atomic E-state index is 11.6. The number of carboxylic acids is 1. The van der Waals surface area contributed by atoms with Crippen molar-refractivity contribution in [1.29, 1.82) is 0 Å². The summed E-state index contributed by atoms with van der Waals surface area (Å²) in [7, 11) is 0. The second-order valence-corrected chi connectivity index (χ2v) is 6.88. The highest BCUT2D eigenvalue weighted by Crippen LogP contribution is 2.24. The molecule has 0 aliphatic carbocycles. The highest BCUT2D eigenvalue weighted by molar-refractivity contribution is 7.99. The van der Waals surface area contributed by atoms with Gasteiger partial charge in [-0.05, 0) is 25.5 Å². The third-order valence-corrected chi connectivity index (χ3v) is 4.70. The third-order valence-electron chi connectivity index (χ3n) is 2.30. The summed E-state index contributed by atoms with van der Waals surface area (Å²) in [5, 5.41) is 11.3. The van der Waals surface area contributed by atoms with Crippen molar-refractivity contribution < 1.29 is 14.7 Å². The minimum Gasteiger partial charge on any atom is -0.481 e. The zero-order valence-corrected chi connectivity index (χ0v) is 12.9. The van der Waals surface area contributed by atoms with Crippen molar-refractivity contribution in [3.8, 4) is 0 Å². The second-order valence-electron chi connectivity index (χ2n) is 4.10. The van der Waals surface area contributed by atoms with Gasteiger partial charge in [0, 0.05) is 23.1 Å². The van der Waals surface area contributed by atoms with E-state index in [-0.39, 0.29) is 18.4 Å². The monoisotopic (exact) mass is 321 g/mol. The highest BCUT2D eigenvalue weighted by Gasteiger charge is 2.09. The molecule has 0 aliphatic heterocycles. The number of carboxylic acid groups (broad SMARTS) is 1. The molecule has 0 aliphatic rings. The first-order chi connectivity index (χ1) is 8.97. The standard InChI is InChI=1S/C12H16ClNO3S2/c1-8(2-5-12(16)17)14-11(15)7-18-6-9-3-4-10(13)19-9/h3-4,8H,2,5-7H2,1H3,(H,14,15)(H,16,17). The van der Waals surface area contributed by atoms with Crippen LogP contribution in [0.1, 0.15) is 24.6 Å². The Labute approximate surface area is 125 Å². The zero-order chi connectivity index (χ0) is 14.3. The predicted molar refractivity (Wildman–Crippen MR) is 80.0 cm³/mol. The van der Waals surface area contributed by atoms with Crippen LogP contribution in [0.3, 0.4) is 0 Å². The van der Waals surface area contributed by atoms with Crippen LogP contribution in [-0.2, 0) is 15.3 Å². The molecule has 106 valence electrons. The number of aliphatic carboxylic acids is 1. The minimum absolute atomic E-state index is 0.0643. The van der Waals surface area contributed by atoms with Crippen LogP contribution in [0.5, 0.6) is 0 Å². The largest absolute Gasteiger partial charge is 0.481 e. The molecule has 0 saturated carbocycles. The number of carbonyl (C=O) groups is 2. The molecule has 1 unspecified atom stereocenters. The molecule has 1 aromatic rings. The molecular formula is C12H16ClNO3S2. The summed E-state index contributed by atoms with van der Waals surface area (Å²) in [5.74, 6) is 0.219.